The molecule has 0 aliphatic carbocycles. The van der Waals surface area contributed by atoms with Crippen LogP contribution < -0.4 is 5.32 Å². The van der Waals surface area contributed by atoms with Gasteiger partial charge in [0.2, 0.25) is 11.8 Å². The molecule has 1 heterocycles. The molecule has 1 aliphatic rings. The smallest absolute Gasteiger partial charge is 0.234 e. The summed E-state index contributed by atoms with van der Waals surface area (Å²) < 4.78 is 26.1. The minimum Gasteiger partial charge on any atom is -0.350 e. The summed E-state index contributed by atoms with van der Waals surface area (Å²) in [7, 11) is 0. The zero-order valence-electron chi connectivity index (χ0n) is 15.3. The number of amides is 2. The molecule has 144 valence electrons. The number of nitrogens with zero attached hydrogens (tertiary/aromatic N) is 2. The second-order valence-electron chi connectivity index (χ2n) is 7.32. The number of carbonyl (C=O) groups is 2. The maximum absolute atomic E-state index is 13.2. The van der Waals surface area contributed by atoms with Crippen molar-refractivity contribution in [2.24, 2.45) is 0 Å². The molecule has 26 heavy (non-hydrogen) atoms. The topological polar surface area (TPSA) is 52.7 Å². The van der Waals surface area contributed by atoms with Crippen LogP contribution in [0.1, 0.15) is 20.8 Å². The molecular weight excluding hydrogens is 360 g/mol. The largest absolute Gasteiger partial charge is 0.350 e. The first-order valence-electron chi connectivity index (χ1n) is 8.53. The standard InChI is InChI=1S/C18H25F2N3O2S/c1-18(2,3)21-16(24)11-22-6-8-23(9-7-22)17(25)12-26-13-4-5-14(19)15(20)10-13/h4-5,10H,6-9,11-12H2,1-3H3,(H,21,24). The summed E-state index contributed by atoms with van der Waals surface area (Å²) in [4.78, 5) is 28.5. The Morgan fingerprint density at radius 1 is 1.12 bits per heavy atom. The highest BCUT2D eigenvalue weighted by atomic mass is 32.2. The molecule has 2 rings (SSSR count). The van der Waals surface area contributed by atoms with E-state index in [1.807, 2.05) is 25.7 Å². The van der Waals surface area contributed by atoms with Crippen molar-refractivity contribution in [2.45, 2.75) is 31.2 Å². The van der Waals surface area contributed by atoms with E-state index in [1.165, 1.54) is 17.8 Å². The maximum Gasteiger partial charge on any atom is 0.234 e. The maximum atomic E-state index is 13.2. The first-order chi connectivity index (χ1) is 12.1. The lowest BCUT2D eigenvalue weighted by Gasteiger charge is -2.34. The highest BCUT2D eigenvalue weighted by molar-refractivity contribution is 8.00. The highest BCUT2D eigenvalue weighted by Gasteiger charge is 2.23. The monoisotopic (exact) mass is 385 g/mol. The van der Waals surface area contributed by atoms with Crippen LogP contribution in [0, 0.1) is 11.6 Å². The molecule has 0 saturated carbocycles. The lowest BCUT2D eigenvalue weighted by atomic mass is 10.1. The van der Waals surface area contributed by atoms with Crippen LogP contribution in [0.4, 0.5) is 8.78 Å². The Labute approximate surface area is 157 Å². The van der Waals surface area contributed by atoms with Gasteiger partial charge in [-0.05, 0) is 39.0 Å². The molecule has 0 aromatic heterocycles. The number of benzene rings is 1. The lowest BCUT2D eigenvalue weighted by Crippen LogP contribution is -2.53. The average Bonchev–Trinajstić information content (AvgIpc) is 2.54. The van der Waals surface area contributed by atoms with Gasteiger partial charge in [-0.15, -0.1) is 11.8 Å². The third-order valence-electron chi connectivity index (χ3n) is 3.86. The van der Waals surface area contributed by atoms with Crippen LogP contribution >= 0.6 is 11.8 Å². The summed E-state index contributed by atoms with van der Waals surface area (Å²) in [5, 5.41) is 2.93. The van der Waals surface area contributed by atoms with Crippen molar-refractivity contribution < 1.29 is 18.4 Å². The van der Waals surface area contributed by atoms with Crippen molar-refractivity contribution in [3.8, 4) is 0 Å². The third-order valence-corrected chi connectivity index (χ3v) is 4.84. The molecule has 8 heteroatoms. The van der Waals surface area contributed by atoms with Gasteiger partial charge in [0.25, 0.3) is 0 Å². The Morgan fingerprint density at radius 2 is 1.77 bits per heavy atom. The van der Waals surface area contributed by atoms with Crippen molar-refractivity contribution >= 4 is 23.6 Å². The van der Waals surface area contributed by atoms with Gasteiger partial charge in [0.1, 0.15) is 0 Å². The van der Waals surface area contributed by atoms with Gasteiger partial charge in [-0.25, -0.2) is 8.78 Å². The minimum absolute atomic E-state index is 0.0221. The Balaban J connectivity index is 1.74. The summed E-state index contributed by atoms with van der Waals surface area (Å²) in [6, 6.07) is 3.62. The van der Waals surface area contributed by atoms with Gasteiger partial charge in [-0.3, -0.25) is 14.5 Å². The molecule has 0 atom stereocenters. The second kappa shape index (κ2) is 8.81. The summed E-state index contributed by atoms with van der Waals surface area (Å²) in [5.41, 5.74) is -0.258. The van der Waals surface area contributed by atoms with Crippen LogP contribution in [-0.4, -0.2) is 65.6 Å². The predicted molar refractivity (Wildman–Crippen MR) is 98.0 cm³/mol. The molecule has 2 amide bonds. The fourth-order valence-corrected chi connectivity index (χ4v) is 3.44. The molecule has 1 fully saturated rings. The van der Waals surface area contributed by atoms with E-state index in [0.717, 1.165) is 12.1 Å². The molecule has 1 N–H and O–H groups in total. The van der Waals surface area contributed by atoms with E-state index >= 15 is 0 Å². The minimum atomic E-state index is -0.912. The van der Waals surface area contributed by atoms with Crippen LogP contribution in [0.25, 0.3) is 0 Å². The molecule has 5 nitrogen and oxygen atoms in total. The van der Waals surface area contributed by atoms with E-state index in [-0.39, 0.29) is 23.1 Å². The van der Waals surface area contributed by atoms with Gasteiger partial charge in [-0.2, -0.15) is 0 Å². The van der Waals surface area contributed by atoms with Gasteiger partial charge in [0.15, 0.2) is 11.6 Å². The average molecular weight is 385 g/mol. The van der Waals surface area contributed by atoms with Crippen molar-refractivity contribution in [3.63, 3.8) is 0 Å². The van der Waals surface area contributed by atoms with Gasteiger partial charge in [-0.1, -0.05) is 0 Å². The highest BCUT2D eigenvalue weighted by Crippen LogP contribution is 2.21. The van der Waals surface area contributed by atoms with Crippen molar-refractivity contribution in [2.75, 3.05) is 38.5 Å². The van der Waals surface area contributed by atoms with Crippen LogP contribution in [0.5, 0.6) is 0 Å². The van der Waals surface area contributed by atoms with Crippen LogP contribution in [0.3, 0.4) is 0 Å². The molecule has 1 aromatic rings. The Hall–Kier alpha value is -1.67. The molecule has 0 spiro atoms. The van der Waals surface area contributed by atoms with E-state index in [4.69, 9.17) is 0 Å². The molecule has 1 saturated heterocycles. The zero-order valence-corrected chi connectivity index (χ0v) is 16.2. The lowest BCUT2D eigenvalue weighted by molar-refractivity contribution is -0.130. The zero-order chi connectivity index (χ0) is 19.3. The normalized spacial score (nSPS) is 15.8. The van der Waals surface area contributed by atoms with E-state index in [9.17, 15) is 18.4 Å². The third kappa shape index (κ3) is 6.57. The number of hydrogen-bond donors (Lipinski definition) is 1. The van der Waals surface area contributed by atoms with Crippen molar-refractivity contribution in [1.82, 2.24) is 15.1 Å². The van der Waals surface area contributed by atoms with Crippen molar-refractivity contribution in [3.05, 3.63) is 29.8 Å². The number of carbonyl (C=O) groups excluding carboxylic acids is 2. The number of thioether (sulfide) groups is 1. The van der Waals surface area contributed by atoms with Crippen LogP contribution in [0.2, 0.25) is 0 Å². The van der Waals surface area contributed by atoms with Crippen molar-refractivity contribution in [1.29, 1.82) is 0 Å². The Morgan fingerprint density at radius 3 is 2.35 bits per heavy atom. The Bertz CT molecular complexity index is 656. The van der Waals surface area contributed by atoms with E-state index < -0.39 is 11.6 Å². The summed E-state index contributed by atoms with van der Waals surface area (Å²) in [5.74, 6) is -1.70. The SMILES string of the molecule is CC(C)(C)NC(=O)CN1CCN(C(=O)CSc2ccc(F)c(F)c2)CC1. The molecular formula is C18H25F2N3O2S. The quantitative estimate of drug-likeness (QED) is 0.789. The first kappa shape index (κ1) is 20.6. The van der Waals surface area contributed by atoms with Gasteiger partial charge >= 0.3 is 0 Å². The van der Waals surface area contributed by atoms with Crippen LogP contribution in [0.15, 0.2) is 23.1 Å². The fourth-order valence-electron chi connectivity index (χ4n) is 2.62. The fraction of sp³-hybridized carbons (Fsp3) is 0.556. The number of piperazine rings is 1. The summed E-state index contributed by atoms with van der Waals surface area (Å²) in [6.45, 7) is 8.52. The first-order valence-corrected chi connectivity index (χ1v) is 9.51. The summed E-state index contributed by atoms with van der Waals surface area (Å²) in [6.07, 6.45) is 0. The Kier molecular flexibility index (Phi) is 7.00. The summed E-state index contributed by atoms with van der Waals surface area (Å²) >= 11 is 1.19. The molecule has 0 bridgehead atoms. The molecule has 1 aliphatic heterocycles. The van der Waals surface area contributed by atoms with E-state index in [2.05, 4.69) is 5.32 Å². The predicted octanol–water partition coefficient (Wildman–Crippen LogP) is 2.12. The van der Waals surface area contributed by atoms with Gasteiger partial charge in [0.05, 0.1) is 12.3 Å². The number of rotatable bonds is 5. The van der Waals surface area contributed by atoms with E-state index in [0.29, 0.717) is 37.6 Å². The van der Waals surface area contributed by atoms with Gasteiger partial charge < -0.3 is 10.2 Å². The second-order valence-corrected chi connectivity index (χ2v) is 8.37. The number of hydrogen-bond acceptors (Lipinski definition) is 4. The molecule has 1 aromatic carbocycles. The molecule has 0 unspecified atom stereocenters. The molecule has 0 radical (unpaired) electrons. The van der Waals surface area contributed by atoms with Crippen LogP contribution in [-0.2, 0) is 9.59 Å². The van der Waals surface area contributed by atoms with Gasteiger partial charge in [0, 0.05) is 36.6 Å². The number of nitrogens with one attached hydrogen (secondary N) is 1. The number of halogens is 2. The van der Waals surface area contributed by atoms with E-state index in [1.54, 1.807) is 4.90 Å².